The lowest BCUT2D eigenvalue weighted by Crippen LogP contribution is -2.47. The van der Waals surface area contributed by atoms with E-state index in [2.05, 4.69) is 0 Å². The Balaban J connectivity index is 4.09. The van der Waals surface area contributed by atoms with Crippen LogP contribution < -0.4 is 0 Å². The Kier molecular flexibility index (Phi) is 4.60. The lowest BCUT2D eigenvalue weighted by molar-refractivity contribution is -0.166. The van der Waals surface area contributed by atoms with E-state index in [0.29, 0.717) is 6.42 Å². The van der Waals surface area contributed by atoms with Crippen molar-refractivity contribution >= 4 is 0 Å². The molecule has 4 nitrogen and oxygen atoms in total. The molecule has 0 radical (unpaired) electrons. The van der Waals surface area contributed by atoms with Crippen LogP contribution in [-0.4, -0.2) is 38.9 Å². The summed E-state index contributed by atoms with van der Waals surface area (Å²) in [5.41, 5.74) is 0. The molecule has 3 N–H and O–H groups in total. The zero-order valence-electron chi connectivity index (χ0n) is 7.23. The van der Waals surface area contributed by atoms with Crippen LogP contribution >= 0.6 is 0 Å². The van der Waals surface area contributed by atoms with Crippen LogP contribution in [0.4, 0.5) is 0 Å². The van der Waals surface area contributed by atoms with Crippen LogP contribution in [0, 0.1) is 0 Å². The molecule has 0 saturated heterocycles. The average molecular weight is 163 g/mol. The van der Waals surface area contributed by atoms with Crippen molar-refractivity contribution in [3.05, 3.63) is 0 Å². The van der Waals surface area contributed by atoms with Crippen LogP contribution in [0.15, 0.2) is 0 Å². The first-order chi connectivity index (χ1) is 5.00. The lowest BCUT2D eigenvalue weighted by Gasteiger charge is -2.31. The molecule has 68 valence electrons. The predicted octanol–water partition coefficient (Wildman–Crippen LogP) is -0.307. The molecular formula is C7H17NO3. The zero-order valence-corrected chi connectivity index (χ0v) is 7.23. The van der Waals surface area contributed by atoms with Crippen molar-refractivity contribution in [1.29, 1.82) is 0 Å². The number of aliphatic hydroxyl groups is 3. The summed E-state index contributed by atoms with van der Waals surface area (Å²) in [6.07, 6.45) is -1.96. The number of rotatable bonds is 4. The van der Waals surface area contributed by atoms with Gasteiger partial charge in [0.15, 0.2) is 0 Å². The van der Waals surface area contributed by atoms with E-state index >= 15 is 0 Å². The van der Waals surface area contributed by atoms with Crippen LogP contribution in [0.3, 0.4) is 0 Å². The number of hydrogen-bond donors (Lipinski definition) is 3. The van der Waals surface area contributed by atoms with Crippen molar-refractivity contribution in [2.45, 2.75) is 45.9 Å². The van der Waals surface area contributed by atoms with Crippen LogP contribution in [0.2, 0.25) is 0 Å². The van der Waals surface area contributed by atoms with Crippen LogP contribution in [-0.2, 0) is 0 Å². The fourth-order valence-corrected chi connectivity index (χ4v) is 1.02. The number of aliphatic hydroxyl groups excluding tert-OH is 3. The summed E-state index contributed by atoms with van der Waals surface area (Å²) in [6, 6.07) is 0. The van der Waals surface area contributed by atoms with Crippen molar-refractivity contribution in [1.82, 2.24) is 4.90 Å². The van der Waals surface area contributed by atoms with Crippen molar-refractivity contribution < 1.29 is 15.3 Å². The molecule has 0 aromatic heterocycles. The third kappa shape index (κ3) is 3.16. The Hall–Kier alpha value is -0.160. The summed E-state index contributed by atoms with van der Waals surface area (Å²) >= 11 is 0. The molecule has 0 unspecified atom stereocenters. The van der Waals surface area contributed by atoms with Crippen molar-refractivity contribution in [3.63, 3.8) is 0 Å². The van der Waals surface area contributed by atoms with E-state index < -0.39 is 18.7 Å². The van der Waals surface area contributed by atoms with E-state index in [0.717, 1.165) is 0 Å². The Labute approximate surface area is 67.1 Å². The highest BCUT2D eigenvalue weighted by atomic mass is 16.4. The average Bonchev–Trinajstić information content (AvgIpc) is 1.85. The molecule has 0 amide bonds. The van der Waals surface area contributed by atoms with Gasteiger partial charge in [0.1, 0.15) is 18.7 Å². The Morgan fingerprint density at radius 3 is 1.55 bits per heavy atom. The van der Waals surface area contributed by atoms with Gasteiger partial charge in [0, 0.05) is 0 Å². The van der Waals surface area contributed by atoms with Gasteiger partial charge in [-0.25, -0.2) is 4.90 Å². The van der Waals surface area contributed by atoms with Gasteiger partial charge in [0.25, 0.3) is 0 Å². The zero-order chi connectivity index (χ0) is 9.02. The fourth-order valence-electron chi connectivity index (χ4n) is 1.02. The molecule has 0 rings (SSSR count). The van der Waals surface area contributed by atoms with Crippen LogP contribution in [0.1, 0.15) is 27.2 Å². The summed E-state index contributed by atoms with van der Waals surface area (Å²) in [5, 5.41) is 27.4. The van der Waals surface area contributed by atoms with E-state index in [1.54, 1.807) is 6.92 Å². The van der Waals surface area contributed by atoms with E-state index in [4.69, 9.17) is 10.2 Å². The molecule has 3 atom stereocenters. The highest BCUT2D eigenvalue weighted by Crippen LogP contribution is 2.07. The first-order valence-corrected chi connectivity index (χ1v) is 3.82. The maximum absolute atomic E-state index is 9.26. The molecule has 0 aliphatic rings. The molecule has 0 aromatic carbocycles. The van der Waals surface area contributed by atoms with Crippen molar-refractivity contribution in [3.8, 4) is 0 Å². The largest absolute Gasteiger partial charge is 0.379 e. The van der Waals surface area contributed by atoms with Gasteiger partial charge in [-0.15, -0.1) is 0 Å². The van der Waals surface area contributed by atoms with Gasteiger partial charge >= 0.3 is 0 Å². The third-order valence-electron chi connectivity index (χ3n) is 1.57. The maximum atomic E-state index is 9.26. The third-order valence-corrected chi connectivity index (χ3v) is 1.57. The van der Waals surface area contributed by atoms with Gasteiger partial charge in [0.05, 0.1) is 0 Å². The van der Waals surface area contributed by atoms with E-state index in [1.165, 1.54) is 18.7 Å². The van der Waals surface area contributed by atoms with Gasteiger partial charge < -0.3 is 15.3 Å². The van der Waals surface area contributed by atoms with Crippen LogP contribution in [0.5, 0.6) is 0 Å². The topological polar surface area (TPSA) is 63.9 Å². The van der Waals surface area contributed by atoms with E-state index in [9.17, 15) is 5.11 Å². The minimum Gasteiger partial charge on any atom is -0.379 e. The molecule has 11 heavy (non-hydrogen) atoms. The lowest BCUT2D eigenvalue weighted by atomic mass is 10.3. The minimum absolute atomic E-state index is 0.482. The van der Waals surface area contributed by atoms with Gasteiger partial charge in [-0.3, -0.25) is 0 Å². The monoisotopic (exact) mass is 163 g/mol. The molecule has 0 heterocycles. The van der Waals surface area contributed by atoms with E-state index in [1.807, 2.05) is 0 Å². The smallest absolute Gasteiger partial charge is 0.111 e. The Bertz CT molecular complexity index is 97.9. The molecule has 0 aromatic rings. The summed E-state index contributed by atoms with van der Waals surface area (Å²) in [5.74, 6) is 0. The highest BCUT2D eigenvalue weighted by Gasteiger charge is 2.22. The second-order valence-electron chi connectivity index (χ2n) is 2.60. The number of nitrogens with zero attached hydrogens (tertiary/aromatic N) is 1. The molecular weight excluding hydrogens is 146 g/mol. The Morgan fingerprint density at radius 2 is 1.45 bits per heavy atom. The molecule has 0 aliphatic carbocycles. The minimum atomic E-state index is -0.829. The highest BCUT2D eigenvalue weighted by molar-refractivity contribution is 4.61. The van der Waals surface area contributed by atoms with Gasteiger partial charge in [-0.05, 0) is 20.3 Å². The Morgan fingerprint density at radius 1 is 1.09 bits per heavy atom. The van der Waals surface area contributed by atoms with E-state index in [-0.39, 0.29) is 0 Å². The molecule has 0 spiro atoms. The molecule has 0 aliphatic heterocycles. The first kappa shape index (κ1) is 10.8. The van der Waals surface area contributed by atoms with Gasteiger partial charge in [-0.2, -0.15) is 0 Å². The van der Waals surface area contributed by atoms with Crippen molar-refractivity contribution in [2.24, 2.45) is 0 Å². The summed E-state index contributed by atoms with van der Waals surface area (Å²) in [7, 11) is 0. The quantitative estimate of drug-likeness (QED) is 0.498. The SMILES string of the molecule is CC[C@H](O)N([C@H](C)O)[C@@H](C)O. The summed E-state index contributed by atoms with van der Waals surface area (Å²) in [4.78, 5) is 1.22. The van der Waals surface area contributed by atoms with Crippen LogP contribution in [0.25, 0.3) is 0 Å². The second kappa shape index (κ2) is 4.66. The predicted molar refractivity (Wildman–Crippen MR) is 41.5 cm³/mol. The molecule has 0 bridgehead atoms. The van der Waals surface area contributed by atoms with Gasteiger partial charge in [-0.1, -0.05) is 6.92 Å². The fraction of sp³-hybridized carbons (Fsp3) is 1.00. The summed E-state index contributed by atoms with van der Waals surface area (Å²) in [6.45, 7) is 4.79. The molecule has 0 saturated carbocycles. The maximum Gasteiger partial charge on any atom is 0.111 e. The summed E-state index contributed by atoms with van der Waals surface area (Å²) < 4.78 is 0. The second-order valence-corrected chi connectivity index (χ2v) is 2.60. The number of hydrogen-bond acceptors (Lipinski definition) is 4. The van der Waals surface area contributed by atoms with Crippen molar-refractivity contribution in [2.75, 3.05) is 0 Å². The van der Waals surface area contributed by atoms with Gasteiger partial charge in [0.2, 0.25) is 0 Å². The normalized spacial score (nSPS) is 19.9. The molecule has 0 fully saturated rings. The first-order valence-electron chi connectivity index (χ1n) is 3.82. The standard InChI is InChI=1S/C7H17NO3/c1-4-7(11)8(5(2)9)6(3)10/h5-7,9-11H,4H2,1-3H3/t5-,6+,7-/m0/s1. The molecule has 4 heteroatoms.